The van der Waals surface area contributed by atoms with Crippen LogP contribution in [0.15, 0.2) is 64.0 Å². The number of aromatic nitrogens is 1. The largest absolute Gasteiger partial charge is 0.402 e. The summed E-state index contributed by atoms with van der Waals surface area (Å²) in [5, 5.41) is 0. The minimum absolute atomic E-state index is 0.271. The molecule has 2 aromatic rings. The Bertz CT molecular complexity index is 724. The van der Waals surface area contributed by atoms with E-state index in [1.54, 1.807) is 24.5 Å². The van der Waals surface area contributed by atoms with Crippen molar-refractivity contribution in [2.45, 2.75) is 0 Å². The standard InChI is InChI=1S/C15H9BrN2O2/c16-12-5-1-4-11(8-12)14-18-13(15(19)20-14)7-10-3-2-6-17-9-10/h1-9H. The molecule has 0 fully saturated rings. The van der Waals surface area contributed by atoms with E-state index in [0.29, 0.717) is 5.90 Å². The van der Waals surface area contributed by atoms with Gasteiger partial charge in [0.1, 0.15) is 0 Å². The van der Waals surface area contributed by atoms with Crippen molar-refractivity contribution < 1.29 is 9.53 Å². The molecule has 1 aromatic heterocycles. The van der Waals surface area contributed by atoms with Crippen LogP contribution in [0.25, 0.3) is 6.08 Å². The van der Waals surface area contributed by atoms with Gasteiger partial charge >= 0.3 is 5.97 Å². The summed E-state index contributed by atoms with van der Waals surface area (Å²) in [5.41, 5.74) is 1.83. The molecule has 0 spiro atoms. The molecule has 5 heteroatoms. The number of esters is 1. The number of carbonyl (C=O) groups excluding carboxylic acids is 1. The monoisotopic (exact) mass is 328 g/mol. The van der Waals surface area contributed by atoms with Crippen molar-refractivity contribution >= 4 is 33.9 Å². The summed E-state index contributed by atoms with van der Waals surface area (Å²) in [6, 6.07) is 11.1. The average molecular weight is 329 g/mol. The summed E-state index contributed by atoms with van der Waals surface area (Å²) in [4.78, 5) is 20.0. The zero-order chi connectivity index (χ0) is 13.9. The topological polar surface area (TPSA) is 51.5 Å². The van der Waals surface area contributed by atoms with Gasteiger partial charge in [-0.15, -0.1) is 0 Å². The van der Waals surface area contributed by atoms with Crippen LogP contribution in [-0.2, 0) is 9.53 Å². The minimum Gasteiger partial charge on any atom is -0.402 e. The van der Waals surface area contributed by atoms with E-state index < -0.39 is 5.97 Å². The van der Waals surface area contributed by atoms with Gasteiger partial charge in [0.15, 0.2) is 5.70 Å². The number of hydrogen-bond donors (Lipinski definition) is 0. The molecular formula is C15H9BrN2O2. The number of carbonyl (C=O) groups is 1. The number of ether oxygens (including phenoxy) is 1. The lowest BCUT2D eigenvalue weighted by molar-refractivity contribution is -0.129. The second-order valence-corrected chi connectivity index (χ2v) is 5.05. The summed E-state index contributed by atoms with van der Waals surface area (Å²) < 4.78 is 6.09. The van der Waals surface area contributed by atoms with Crippen molar-refractivity contribution in [2.75, 3.05) is 0 Å². The van der Waals surface area contributed by atoms with Gasteiger partial charge in [-0.1, -0.05) is 28.1 Å². The van der Waals surface area contributed by atoms with Crippen molar-refractivity contribution in [3.05, 3.63) is 70.1 Å². The smallest absolute Gasteiger partial charge is 0.363 e. The molecule has 0 saturated heterocycles. The van der Waals surface area contributed by atoms with Crippen molar-refractivity contribution in [1.82, 2.24) is 4.98 Å². The van der Waals surface area contributed by atoms with Crippen LogP contribution in [0.2, 0.25) is 0 Å². The van der Waals surface area contributed by atoms with E-state index in [1.165, 1.54) is 0 Å². The highest BCUT2D eigenvalue weighted by atomic mass is 79.9. The maximum atomic E-state index is 11.8. The SMILES string of the molecule is O=C1OC(c2cccc(Br)c2)=NC1=Cc1cccnc1. The number of aliphatic imine (C=N–C) groups is 1. The predicted octanol–water partition coefficient (Wildman–Crippen LogP) is 3.19. The maximum absolute atomic E-state index is 11.8. The first-order valence-electron chi connectivity index (χ1n) is 5.91. The molecule has 0 atom stereocenters. The van der Waals surface area contributed by atoms with Gasteiger partial charge in [0.25, 0.3) is 0 Å². The Balaban J connectivity index is 1.95. The van der Waals surface area contributed by atoms with Crippen LogP contribution in [-0.4, -0.2) is 16.9 Å². The summed E-state index contributed by atoms with van der Waals surface area (Å²) in [6.45, 7) is 0. The third kappa shape index (κ3) is 2.67. The van der Waals surface area contributed by atoms with Crippen LogP contribution in [0.3, 0.4) is 0 Å². The fourth-order valence-electron chi connectivity index (χ4n) is 1.77. The van der Waals surface area contributed by atoms with Gasteiger partial charge in [-0.2, -0.15) is 0 Å². The van der Waals surface area contributed by atoms with E-state index in [0.717, 1.165) is 15.6 Å². The van der Waals surface area contributed by atoms with Crippen LogP contribution < -0.4 is 0 Å². The van der Waals surface area contributed by atoms with E-state index in [-0.39, 0.29) is 5.70 Å². The number of hydrogen-bond acceptors (Lipinski definition) is 4. The van der Waals surface area contributed by atoms with Crippen molar-refractivity contribution in [2.24, 2.45) is 4.99 Å². The van der Waals surface area contributed by atoms with E-state index in [4.69, 9.17) is 4.74 Å². The number of benzene rings is 1. The third-order valence-corrected chi connectivity index (χ3v) is 3.17. The van der Waals surface area contributed by atoms with E-state index in [2.05, 4.69) is 25.9 Å². The molecule has 0 unspecified atom stereocenters. The first kappa shape index (κ1) is 12.7. The van der Waals surface area contributed by atoms with E-state index >= 15 is 0 Å². The molecule has 0 radical (unpaired) electrons. The molecule has 1 aromatic carbocycles. The van der Waals surface area contributed by atoms with Crippen molar-refractivity contribution in [1.29, 1.82) is 0 Å². The number of rotatable bonds is 2. The number of cyclic esters (lactones) is 1. The lowest BCUT2D eigenvalue weighted by Crippen LogP contribution is -2.05. The van der Waals surface area contributed by atoms with Gasteiger partial charge in [0.2, 0.25) is 5.90 Å². The molecule has 4 nitrogen and oxygen atoms in total. The zero-order valence-electron chi connectivity index (χ0n) is 10.3. The Morgan fingerprint density at radius 3 is 2.85 bits per heavy atom. The Hall–Kier alpha value is -2.27. The second-order valence-electron chi connectivity index (χ2n) is 4.13. The number of pyridine rings is 1. The molecule has 0 saturated carbocycles. The Labute approximate surface area is 124 Å². The molecular weight excluding hydrogens is 320 g/mol. The van der Waals surface area contributed by atoms with Crippen LogP contribution in [0.5, 0.6) is 0 Å². The Morgan fingerprint density at radius 2 is 2.10 bits per heavy atom. The molecule has 3 rings (SSSR count). The highest BCUT2D eigenvalue weighted by Gasteiger charge is 2.24. The van der Waals surface area contributed by atoms with Crippen LogP contribution in [0.1, 0.15) is 11.1 Å². The quantitative estimate of drug-likeness (QED) is 0.628. The van der Waals surface area contributed by atoms with Crippen LogP contribution >= 0.6 is 15.9 Å². The second kappa shape index (κ2) is 5.38. The number of nitrogens with zero attached hydrogens (tertiary/aromatic N) is 2. The Morgan fingerprint density at radius 1 is 1.20 bits per heavy atom. The van der Waals surface area contributed by atoms with Crippen LogP contribution in [0.4, 0.5) is 0 Å². The van der Waals surface area contributed by atoms with Gasteiger partial charge in [-0.05, 0) is 35.9 Å². The first-order valence-corrected chi connectivity index (χ1v) is 6.70. The molecule has 98 valence electrons. The molecule has 0 aliphatic carbocycles. The molecule has 0 amide bonds. The average Bonchev–Trinajstić information content (AvgIpc) is 2.81. The zero-order valence-corrected chi connectivity index (χ0v) is 11.9. The third-order valence-electron chi connectivity index (χ3n) is 2.68. The summed E-state index contributed by atoms with van der Waals surface area (Å²) >= 11 is 3.37. The minimum atomic E-state index is -0.455. The fourth-order valence-corrected chi connectivity index (χ4v) is 2.17. The van der Waals surface area contributed by atoms with Crippen LogP contribution in [0, 0.1) is 0 Å². The lowest BCUT2D eigenvalue weighted by Gasteiger charge is -1.99. The summed E-state index contributed by atoms with van der Waals surface area (Å²) in [6.07, 6.45) is 4.98. The lowest BCUT2D eigenvalue weighted by atomic mass is 10.2. The van der Waals surface area contributed by atoms with Gasteiger partial charge in [-0.25, -0.2) is 9.79 Å². The Kier molecular flexibility index (Phi) is 3.43. The molecule has 1 aliphatic heterocycles. The molecule has 1 aliphatic rings. The predicted molar refractivity (Wildman–Crippen MR) is 79.0 cm³/mol. The molecule has 0 N–H and O–H groups in total. The van der Waals surface area contributed by atoms with E-state index in [1.807, 2.05) is 30.3 Å². The fraction of sp³-hybridized carbons (Fsp3) is 0. The van der Waals surface area contributed by atoms with Crippen molar-refractivity contribution in [3.8, 4) is 0 Å². The van der Waals surface area contributed by atoms with Crippen molar-refractivity contribution in [3.63, 3.8) is 0 Å². The molecule has 2 heterocycles. The van der Waals surface area contributed by atoms with Gasteiger partial charge in [-0.3, -0.25) is 4.98 Å². The van der Waals surface area contributed by atoms with Gasteiger partial charge in [0.05, 0.1) is 0 Å². The molecule has 0 bridgehead atoms. The summed E-state index contributed by atoms with van der Waals surface area (Å²) in [7, 11) is 0. The first-order chi connectivity index (χ1) is 9.72. The highest BCUT2D eigenvalue weighted by Crippen LogP contribution is 2.20. The number of halogens is 1. The maximum Gasteiger partial charge on any atom is 0.363 e. The van der Waals surface area contributed by atoms with Gasteiger partial charge < -0.3 is 4.74 Å². The highest BCUT2D eigenvalue weighted by molar-refractivity contribution is 9.10. The molecule has 20 heavy (non-hydrogen) atoms. The normalized spacial score (nSPS) is 16.1. The summed E-state index contributed by atoms with van der Waals surface area (Å²) in [5.74, 6) is -0.143. The van der Waals surface area contributed by atoms with E-state index in [9.17, 15) is 4.79 Å². The van der Waals surface area contributed by atoms with Gasteiger partial charge in [0, 0.05) is 22.4 Å².